The Bertz CT molecular complexity index is 452. The number of fused-ring (bicyclic) bond motifs is 1. The monoisotopic (exact) mass is 298 g/mol. The normalized spacial score (nSPS) is 15.4. The highest BCUT2D eigenvalue weighted by Crippen LogP contribution is 2.38. The number of halogens is 1. The van der Waals surface area contributed by atoms with E-state index in [2.05, 4.69) is 31.2 Å². The van der Waals surface area contributed by atoms with Gasteiger partial charge in [-0.1, -0.05) is 11.6 Å². The first kappa shape index (κ1) is 15.4. The summed E-state index contributed by atoms with van der Waals surface area (Å²) in [5.74, 6) is 1.42. The molecule has 5 heteroatoms. The highest BCUT2D eigenvalue weighted by molar-refractivity contribution is 6.32. The van der Waals surface area contributed by atoms with Gasteiger partial charge in [0.15, 0.2) is 11.5 Å². The molecule has 1 aromatic carbocycles. The number of rotatable bonds is 6. The summed E-state index contributed by atoms with van der Waals surface area (Å²) in [6, 6.07) is 4.41. The van der Waals surface area contributed by atoms with Crippen LogP contribution in [0.2, 0.25) is 5.02 Å². The van der Waals surface area contributed by atoms with E-state index in [1.165, 1.54) is 0 Å². The predicted molar refractivity (Wildman–Crippen MR) is 81.9 cm³/mol. The second kappa shape index (κ2) is 7.16. The molecule has 0 saturated heterocycles. The van der Waals surface area contributed by atoms with Gasteiger partial charge in [-0.15, -0.1) is 0 Å². The molecule has 0 aromatic heterocycles. The van der Waals surface area contributed by atoms with Gasteiger partial charge in [-0.25, -0.2) is 0 Å². The van der Waals surface area contributed by atoms with Crippen LogP contribution in [0.3, 0.4) is 0 Å². The van der Waals surface area contributed by atoms with Crippen molar-refractivity contribution in [2.45, 2.75) is 25.9 Å². The molecular weight excluding hydrogens is 276 g/mol. The smallest absolute Gasteiger partial charge is 0.179 e. The first-order valence-electron chi connectivity index (χ1n) is 7.02. The molecule has 1 N–H and O–H groups in total. The number of nitrogens with zero attached hydrogens (tertiary/aromatic N) is 1. The highest BCUT2D eigenvalue weighted by atomic mass is 35.5. The molecule has 1 heterocycles. The van der Waals surface area contributed by atoms with Crippen molar-refractivity contribution in [1.82, 2.24) is 10.2 Å². The van der Waals surface area contributed by atoms with Crippen LogP contribution in [0.25, 0.3) is 0 Å². The maximum atomic E-state index is 6.23. The zero-order chi connectivity index (χ0) is 14.5. The minimum Gasteiger partial charge on any atom is -0.486 e. The molecule has 0 amide bonds. The first-order chi connectivity index (χ1) is 9.56. The molecule has 0 saturated carbocycles. The summed E-state index contributed by atoms with van der Waals surface area (Å²) in [5, 5.41) is 4.13. The fourth-order valence-electron chi connectivity index (χ4n) is 2.11. The molecule has 2 rings (SSSR count). The van der Waals surface area contributed by atoms with Crippen LogP contribution < -0.4 is 14.8 Å². The quantitative estimate of drug-likeness (QED) is 0.875. The first-order valence-corrected chi connectivity index (χ1v) is 7.40. The Labute approximate surface area is 126 Å². The van der Waals surface area contributed by atoms with Crippen molar-refractivity contribution < 1.29 is 9.47 Å². The van der Waals surface area contributed by atoms with Crippen LogP contribution in [0.15, 0.2) is 12.1 Å². The molecule has 20 heavy (non-hydrogen) atoms. The van der Waals surface area contributed by atoms with E-state index in [0.29, 0.717) is 30.0 Å². The van der Waals surface area contributed by atoms with E-state index in [-0.39, 0.29) is 0 Å². The number of hydrogen-bond acceptors (Lipinski definition) is 4. The number of ether oxygens (including phenoxy) is 2. The van der Waals surface area contributed by atoms with Gasteiger partial charge in [0.05, 0.1) is 5.02 Å². The second-order valence-electron chi connectivity index (χ2n) is 5.48. The lowest BCUT2D eigenvalue weighted by atomic mass is 10.1. The third kappa shape index (κ3) is 4.27. The molecule has 0 aliphatic carbocycles. The van der Waals surface area contributed by atoms with E-state index in [1.54, 1.807) is 0 Å². The number of benzene rings is 1. The summed E-state index contributed by atoms with van der Waals surface area (Å²) < 4.78 is 11.1. The topological polar surface area (TPSA) is 33.7 Å². The van der Waals surface area contributed by atoms with E-state index in [9.17, 15) is 0 Å². The van der Waals surface area contributed by atoms with Crippen LogP contribution >= 0.6 is 11.6 Å². The second-order valence-corrected chi connectivity index (χ2v) is 5.88. The molecule has 0 radical (unpaired) electrons. The van der Waals surface area contributed by atoms with Crippen LogP contribution in [-0.2, 0) is 6.54 Å². The van der Waals surface area contributed by atoms with Crippen molar-refractivity contribution in [1.29, 1.82) is 0 Å². The van der Waals surface area contributed by atoms with Gasteiger partial charge in [0.1, 0.15) is 13.2 Å². The summed E-state index contributed by atoms with van der Waals surface area (Å²) in [4.78, 5) is 2.19. The highest BCUT2D eigenvalue weighted by Gasteiger charge is 2.16. The van der Waals surface area contributed by atoms with Crippen molar-refractivity contribution in [3.63, 3.8) is 0 Å². The predicted octanol–water partition coefficient (Wildman–Crippen LogP) is 2.54. The van der Waals surface area contributed by atoms with E-state index in [1.807, 2.05) is 12.1 Å². The van der Waals surface area contributed by atoms with Crippen molar-refractivity contribution in [3.8, 4) is 11.5 Å². The summed E-state index contributed by atoms with van der Waals surface area (Å²) in [6.07, 6.45) is 1.12. The lowest BCUT2D eigenvalue weighted by Gasteiger charge is -2.21. The van der Waals surface area contributed by atoms with E-state index in [4.69, 9.17) is 21.1 Å². The van der Waals surface area contributed by atoms with Crippen LogP contribution in [0.4, 0.5) is 0 Å². The summed E-state index contributed by atoms with van der Waals surface area (Å²) in [6.45, 7) is 5.20. The molecule has 112 valence electrons. The molecule has 1 atom stereocenters. The lowest BCUT2D eigenvalue weighted by Crippen LogP contribution is -2.29. The Kier molecular flexibility index (Phi) is 5.52. The van der Waals surface area contributed by atoms with Gasteiger partial charge in [-0.05, 0) is 51.7 Å². The minimum atomic E-state index is 0.462. The zero-order valence-electron chi connectivity index (χ0n) is 12.4. The summed E-state index contributed by atoms with van der Waals surface area (Å²) >= 11 is 6.23. The Morgan fingerprint density at radius 1 is 1.30 bits per heavy atom. The molecule has 0 spiro atoms. The standard InChI is InChI=1S/C15H23ClN2O2/c1-11(4-5-18(2)3)17-10-12-8-13(16)15-14(9-12)19-6-7-20-15/h8-9,11,17H,4-7,10H2,1-3H3. The third-order valence-electron chi connectivity index (χ3n) is 3.32. The molecule has 0 fully saturated rings. The van der Waals surface area contributed by atoms with Gasteiger partial charge in [-0.2, -0.15) is 0 Å². The van der Waals surface area contributed by atoms with Gasteiger partial charge in [0.2, 0.25) is 0 Å². The number of nitrogens with one attached hydrogen (secondary N) is 1. The van der Waals surface area contributed by atoms with E-state index in [0.717, 1.165) is 30.8 Å². The number of hydrogen-bond donors (Lipinski definition) is 1. The Hall–Kier alpha value is -0.970. The average molecular weight is 299 g/mol. The fourth-order valence-corrected chi connectivity index (χ4v) is 2.40. The maximum absolute atomic E-state index is 6.23. The van der Waals surface area contributed by atoms with Gasteiger partial charge in [0.25, 0.3) is 0 Å². The lowest BCUT2D eigenvalue weighted by molar-refractivity contribution is 0.171. The molecule has 0 bridgehead atoms. The van der Waals surface area contributed by atoms with Crippen LogP contribution in [0.5, 0.6) is 11.5 Å². The Morgan fingerprint density at radius 2 is 2.05 bits per heavy atom. The molecule has 4 nitrogen and oxygen atoms in total. The Morgan fingerprint density at radius 3 is 2.80 bits per heavy atom. The van der Waals surface area contributed by atoms with Gasteiger partial charge >= 0.3 is 0 Å². The van der Waals surface area contributed by atoms with Crippen molar-refractivity contribution >= 4 is 11.6 Å². The fraction of sp³-hybridized carbons (Fsp3) is 0.600. The average Bonchev–Trinajstić information content (AvgIpc) is 2.43. The molecule has 1 aromatic rings. The van der Waals surface area contributed by atoms with E-state index >= 15 is 0 Å². The van der Waals surface area contributed by atoms with Gasteiger partial charge in [0, 0.05) is 12.6 Å². The third-order valence-corrected chi connectivity index (χ3v) is 3.60. The van der Waals surface area contributed by atoms with E-state index < -0.39 is 0 Å². The zero-order valence-corrected chi connectivity index (χ0v) is 13.2. The molecular formula is C15H23ClN2O2. The van der Waals surface area contributed by atoms with Crippen LogP contribution in [0, 0.1) is 0 Å². The molecule has 1 unspecified atom stereocenters. The largest absolute Gasteiger partial charge is 0.486 e. The van der Waals surface area contributed by atoms with Crippen LogP contribution in [0.1, 0.15) is 18.9 Å². The van der Waals surface area contributed by atoms with Gasteiger partial charge < -0.3 is 19.7 Å². The van der Waals surface area contributed by atoms with Crippen molar-refractivity contribution in [2.75, 3.05) is 33.9 Å². The molecule has 1 aliphatic heterocycles. The van der Waals surface area contributed by atoms with Crippen molar-refractivity contribution in [2.24, 2.45) is 0 Å². The van der Waals surface area contributed by atoms with Crippen LogP contribution in [-0.4, -0.2) is 44.8 Å². The Balaban J connectivity index is 1.91. The van der Waals surface area contributed by atoms with Gasteiger partial charge in [-0.3, -0.25) is 0 Å². The minimum absolute atomic E-state index is 0.462. The maximum Gasteiger partial charge on any atom is 0.179 e. The van der Waals surface area contributed by atoms with Crippen molar-refractivity contribution in [3.05, 3.63) is 22.7 Å². The molecule has 1 aliphatic rings. The SMILES string of the molecule is CC(CCN(C)C)NCc1cc(Cl)c2c(c1)OCCO2. The summed E-state index contributed by atoms with van der Waals surface area (Å²) in [5.41, 5.74) is 1.12. The summed E-state index contributed by atoms with van der Waals surface area (Å²) in [7, 11) is 4.18.